The van der Waals surface area contributed by atoms with Gasteiger partial charge < -0.3 is 0 Å². The molecule has 0 fully saturated rings. The SMILES string of the molecule is CCc1c(C)c(-c2cc(F)c(Cl)cc2Cl)nn1C. The fraction of sp³-hybridized carbons (Fsp3) is 0.308. The summed E-state index contributed by atoms with van der Waals surface area (Å²) in [5, 5.41) is 4.83. The molecule has 1 aromatic heterocycles. The molecule has 0 N–H and O–H groups in total. The van der Waals surface area contributed by atoms with E-state index in [0.29, 0.717) is 16.3 Å². The molecule has 2 aromatic rings. The molecule has 0 saturated heterocycles. The number of aromatic nitrogens is 2. The first-order valence-electron chi connectivity index (χ1n) is 5.63. The van der Waals surface area contributed by atoms with Crippen molar-refractivity contribution in [1.29, 1.82) is 0 Å². The minimum absolute atomic E-state index is 0.0213. The van der Waals surface area contributed by atoms with Crippen LogP contribution in [-0.2, 0) is 13.5 Å². The van der Waals surface area contributed by atoms with Gasteiger partial charge in [0.05, 0.1) is 15.7 Å². The van der Waals surface area contributed by atoms with E-state index < -0.39 is 5.82 Å². The molecule has 1 aromatic carbocycles. The highest BCUT2D eigenvalue weighted by atomic mass is 35.5. The van der Waals surface area contributed by atoms with Crippen LogP contribution in [0, 0.1) is 12.7 Å². The molecule has 0 saturated carbocycles. The van der Waals surface area contributed by atoms with Crippen LogP contribution >= 0.6 is 23.2 Å². The predicted molar refractivity (Wildman–Crippen MR) is 72.7 cm³/mol. The Bertz CT molecular complexity index is 606. The largest absolute Gasteiger partial charge is 0.272 e. The summed E-state index contributed by atoms with van der Waals surface area (Å²) in [4.78, 5) is 0. The number of benzene rings is 1. The highest BCUT2D eigenvalue weighted by Gasteiger charge is 2.17. The summed E-state index contributed by atoms with van der Waals surface area (Å²) in [6, 6.07) is 2.74. The highest BCUT2D eigenvalue weighted by Crippen LogP contribution is 2.34. The normalized spacial score (nSPS) is 11.0. The van der Waals surface area contributed by atoms with Gasteiger partial charge >= 0.3 is 0 Å². The third kappa shape index (κ3) is 2.13. The Labute approximate surface area is 115 Å². The maximum Gasteiger partial charge on any atom is 0.142 e. The summed E-state index contributed by atoms with van der Waals surface area (Å²) in [5.74, 6) is -0.487. The van der Waals surface area contributed by atoms with Crippen molar-refractivity contribution in [3.63, 3.8) is 0 Å². The van der Waals surface area contributed by atoms with Crippen LogP contribution in [0.3, 0.4) is 0 Å². The van der Waals surface area contributed by atoms with Crippen LogP contribution in [0.15, 0.2) is 12.1 Å². The van der Waals surface area contributed by atoms with Gasteiger partial charge in [-0.15, -0.1) is 0 Å². The van der Waals surface area contributed by atoms with Gasteiger partial charge in [-0.2, -0.15) is 5.10 Å². The smallest absolute Gasteiger partial charge is 0.142 e. The minimum atomic E-state index is -0.487. The first kappa shape index (κ1) is 13.4. The number of nitrogens with zero attached hydrogens (tertiary/aromatic N) is 2. The van der Waals surface area contributed by atoms with Crippen LogP contribution in [0.2, 0.25) is 10.0 Å². The molecule has 0 spiro atoms. The van der Waals surface area contributed by atoms with Crippen molar-refractivity contribution in [2.75, 3.05) is 0 Å². The standard InChI is InChI=1S/C13H13Cl2FN2/c1-4-12-7(2)13(17-18(12)3)8-5-11(16)10(15)6-9(8)14/h5-6H,4H2,1-3H3. The van der Waals surface area contributed by atoms with Gasteiger partial charge in [-0.1, -0.05) is 30.1 Å². The van der Waals surface area contributed by atoms with E-state index in [1.165, 1.54) is 12.1 Å². The van der Waals surface area contributed by atoms with Crippen molar-refractivity contribution in [3.05, 3.63) is 39.3 Å². The zero-order valence-electron chi connectivity index (χ0n) is 10.4. The third-order valence-electron chi connectivity index (χ3n) is 3.03. The van der Waals surface area contributed by atoms with Gasteiger partial charge in [0.1, 0.15) is 5.82 Å². The second kappa shape index (κ2) is 4.90. The summed E-state index contributed by atoms with van der Waals surface area (Å²) in [5.41, 5.74) is 3.40. The lowest BCUT2D eigenvalue weighted by Gasteiger charge is -2.04. The lowest BCUT2D eigenvalue weighted by molar-refractivity contribution is 0.628. The molecule has 5 heteroatoms. The average molecular weight is 287 g/mol. The van der Waals surface area contributed by atoms with E-state index in [1.807, 2.05) is 14.0 Å². The predicted octanol–water partition coefficient (Wildman–Crippen LogP) is 4.40. The van der Waals surface area contributed by atoms with Crippen LogP contribution in [0.5, 0.6) is 0 Å². The molecule has 0 radical (unpaired) electrons. The number of halogens is 3. The van der Waals surface area contributed by atoms with Crippen molar-refractivity contribution >= 4 is 23.2 Å². The topological polar surface area (TPSA) is 17.8 Å². The van der Waals surface area contributed by atoms with Gasteiger partial charge in [0.2, 0.25) is 0 Å². The molecule has 0 unspecified atom stereocenters. The molecule has 2 rings (SSSR count). The minimum Gasteiger partial charge on any atom is -0.272 e. The molecule has 0 aliphatic carbocycles. The lowest BCUT2D eigenvalue weighted by atomic mass is 10.1. The van der Waals surface area contributed by atoms with Crippen molar-refractivity contribution in [3.8, 4) is 11.3 Å². The highest BCUT2D eigenvalue weighted by molar-refractivity contribution is 6.36. The summed E-state index contributed by atoms with van der Waals surface area (Å²) in [6.45, 7) is 4.02. The zero-order valence-corrected chi connectivity index (χ0v) is 11.9. The van der Waals surface area contributed by atoms with Crippen LogP contribution in [0.1, 0.15) is 18.2 Å². The number of rotatable bonds is 2. The summed E-state index contributed by atoms with van der Waals surface area (Å²) in [6.07, 6.45) is 0.864. The second-order valence-corrected chi connectivity index (χ2v) is 4.96. The van der Waals surface area contributed by atoms with Gasteiger partial charge in [0, 0.05) is 18.3 Å². The second-order valence-electron chi connectivity index (χ2n) is 4.14. The molecule has 18 heavy (non-hydrogen) atoms. The molecule has 1 heterocycles. The third-order valence-corrected chi connectivity index (χ3v) is 3.63. The van der Waals surface area contributed by atoms with Gasteiger partial charge in [-0.25, -0.2) is 4.39 Å². The van der Waals surface area contributed by atoms with E-state index in [-0.39, 0.29) is 5.02 Å². The van der Waals surface area contributed by atoms with Crippen molar-refractivity contribution < 1.29 is 4.39 Å². The molecular formula is C13H13Cl2FN2. The van der Waals surface area contributed by atoms with Crippen molar-refractivity contribution in [2.24, 2.45) is 7.05 Å². The molecule has 0 amide bonds. The Kier molecular flexibility index (Phi) is 3.64. The van der Waals surface area contributed by atoms with Crippen LogP contribution < -0.4 is 0 Å². The quantitative estimate of drug-likeness (QED) is 0.748. The Hall–Kier alpha value is -1.06. The van der Waals surface area contributed by atoms with E-state index in [4.69, 9.17) is 23.2 Å². The summed E-state index contributed by atoms with van der Waals surface area (Å²) in [7, 11) is 1.87. The van der Waals surface area contributed by atoms with Crippen LogP contribution in [-0.4, -0.2) is 9.78 Å². The molecule has 0 aliphatic heterocycles. The van der Waals surface area contributed by atoms with E-state index in [9.17, 15) is 4.39 Å². The maximum atomic E-state index is 13.5. The van der Waals surface area contributed by atoms with Gasteiger partial charge in [-0.05, 0) is 31.0 Å². The van der Waals surface area contributed by atoms with E-state index in [2.05, 4.69) is 12.0 Å². The summed E-state index contributed by atoms with van der Waals surface area (Å²) >= 11 is 11.8. The van der Waals surface area contributed by atoms with Crippen molar-refractivity contribution in [2.45, 2.75) is 20.3 Å². The van der Waals surface area contributed by atoms with Crippen LogP contribution in [0.25, 0.3) is 11.3 Å². The lowest BCUT2D eigenvalue weighted by Crippen LogP contribution is -1.96. The van der Waals surface area contributed by atoms with Gasteiger partial charge in [0.25, 0.3) is 0 Å². The molecule has 0 bridgehead atoms. The molecule has 0 atom stereocenters. The summed E-state index contributed by atoms with van der Waals surface area (Å²) < 4.78 is 15.3. The molecule has 96 valence electrons. The van der Waals surface area contributed by atoms with E-state index in [1.54, 1.807) is 4.68 Å². The fourth-order valence-electron chi connectivity index (χ4n) is 2.12. The zero-order chi connectivity index (χ0) is 13.4. The number of aryl methyl sites for hydroxylation is 1. The van der Waals surface area contributed by atoms with Crippen LogP contribution in [0.4, 0.5) is 4.39 Å². The van der Waals surface area contributed by atoms with E-state index >= 15 is 0 Å². The molecular weight excluding hydrogens is 274 g/mol. The molecule has 0 aliphatic rings. The number of hydrogen-bond donors (Lipinski definition) is 0. The first-order chi connectivity index (χ1) is 8.45. The Morgan fingerprint density at radius 2 is 1.94 bits per heavy atom. The Balaban J connectivity index is 2.66. The van der Waals surface area contributed by atoms with Gasteiger partial charge in [-0.3, -0.25) is 4.68 Å². The maximum absolute atomic E-state index is 13.5. The van der Waals surface area contributed by atoms with E-state index in [0.717, 1.165) is 17.7 Å². The first-order valence-corrected chi connectivity index (χ1v) is 6.38. The number of hydrogen-bond acceptors (Lipinski definition) is 1. The van der Waals surface area contributed by atoms with Gasteiger partial charge in [0.15, 0.2) is 0 Å². The average Bonchev–Trinajstić information content (AvgIpc) is 2.59. The molecule has 2 nitrogen and oxygen atoms in total. The van der Waals surface area contributed by atoms with Crippen molar-refractivity contribution in [1.82, 2.24) is 9.78 Å². The Morgan fingerprint density at radius 3 is 2.50 bits per heavy atom. The fourth-order valence-corrected chi connectivity index (χ4v) is 2.59. The monoisotopic (exact) mass is 286 g/mol. The Morgan fingerprint density at radius 1 is 1.28 bits per heavy atom.